The first-order valence-corrected chi connectivity index (χ1v) is 7.17. The second-order valence-electron chi connectivity index (χ2n) is 5.41. The lowest BCUT2D eigenvalue weighted by atomic mass is 10.0. The minimum absolute atomic E-state index is 0.157. The summed E-state index contributed by atoms with van der Waals surface area (Å²) in [6.45, 7) is 0.818. The number of pyridine rings is 1. The highest BCUT2D eigenvalue weighted by Crippen LogP contribution is 2.18. The van der Waals surface area contributed by atoms with E-state index in [1.165, 1.54) is 12.1 Å². The van der Waals surface area contributed by atoms with Crippen LogP contribution in [0.25, 0.3) is 0 Å². The minimum Gasteiger partial charge on any atom is -0.345 e. The molecule has 0 bridgehead atoms. The third kappa shape index (κ3) is 4.63. The van der Waals surface area contributed by atoms with E-state index in [1.807, 2.05) is 14.1 Å². The van der Waals surface area contributed by atoms with Crippen molar-refractivity contribution in [3.63, 3.8) is 0 Å². The largest absolute Gasteiger partial charge is 0.345 e. The van der Waals surface area contributed by atoms with Crippen LogP contribution in [0, 0.1) is 5.82 Å². The van der Waals surface area contributed by atoms with Gasteiger partial charge in [0.1, 0.15) is 5.82 Å². The molecule has 1 aromatic carbocycles. The van der Waals surface area contributed by atoms with E-state index in [0.29, 0.717) is 5.56 Å². The maximum Gasteiger partial charge on any atom is 0.251 e. The van der Waals surface area contributed by atoms with E-state index in [-0.39, 0.29) is 17.8 Å². The third-order valence-corrected chi connectivity index (χ3v) is 3.39. The van der Waals surface area contributed by atoms with E-state index in [1.54, 1.807) is 36.7 Å². The van der Waals surface area contributed by atoms with Gasteiger partial charge in [0.15, 0.2) is 0 Å². The molecule has 0 saturated heterocycles. The third-order valence-electron chi connectivity index (χ3n) is 3.39. The van der Waals surface area contributed by atoms with Gasteiger partial charge in [-0.1, -0.05) is 12.1 Å². The van der Waals surface area contributed by atoms with Crippen molar-refractivity contribution in [1.29, 1.82) is 0 Å². The topological polar surface area (TPSA) is 45.2 Å². The lowest BCUT2D eigenvalue weighted by molar-refractivity contribution is 0.0932. The Morgan fingerprint density at radius 3 is 2.41 bits per heavy atom. The molecule has 116 valence electrons. The van der Waals surface area contributed by atoms with Crippen LogP contribution in [0.4, 0.5) is 4.39 Å². The van der Waals surface area contributed by atoms with Crippen molar-refractivity contribution in [3.8, 4) is 0 Å². The highest BCUT2D eigenvalue weighted by molar-refractivity contribution is 5.94. The molecule has 1 aromatic heterocycles. The van der Waals surface area contributed by atoms with Gasteiger partial charge >= 0.3 is 0 Å². The molecule has 0 aliphatic heterocycles. The van der Waals surface area contributed by atoms with Crippen molar-refractivity contribution < 1.29 is 9.18 Å². The van der Waals surface area contributed by atoms with Crippen molar-refractivity contribution in [1.82, 2.24) is 15.2 Å². The van der Waals surface area contributed by atoms with Gasteiger partial charge in [0, 0.05) is 18.0 Å². The first-order chi connectivity index (χ1) is 10.6. The molecule has 1 unspecified atom stereocenters. The highest BCUT2D eigenvalue weighted by Gasteiger charge is 2.16. The van der Waals surface area contributed by atoms with Gasteiger partial charge in [-0.2, -0.15) is 0 Å². The molecule has 5 heteroatoms. The summed E-state index contributed by atoms with van der Waals surface area (Å²) < 4.78 is 13.1. The van der Waals surface area contributed by atoms with Crippen LogP contribution in [0.15, 0.2) is 48.8 Å². The number of nitrogens with one attached hydrogen (secondary N) is 1. The normalized spacial score (nSPS) is 12.2. The van der Waals surface area contributed by atoms with Crippen LogP contribution in [0.1, 0.15) is 28.4 Å². The summed E-state index contributed by atoms with van der Waals surface area (Å²) in [7, 11) is 3.96. The standard InChI is InChI=1S/C17H20FN3O/c1-21(2)12-9-16(13-3-5-15(18)6-4-13)20-17(22)14-7-10-19-11-8-14/h3-8,10-11,16H,9,12H2,1-2H3,(H,20,22). The number of rotatable bonds is 6. The zero-order valence-corrected chi connectivity index (χ0v) is 12.8. The number of carbonyl (C=O) groups is 1. The summed E-state index contributed by atoms with van der Waals surface area (Å²) in [6.07, 6.45) is 3.92. The van der Waals surface area contributed by atoms with Gasteiger partial charge in [-0.05, 0) is 56.9 Å². The predicted molar refractivity (Wildman–Crippen MR) is 84.0 cm³/mol. The molecule has 0 fully saturated rings. The summed E-state index contributed by atoms with van der Waals surface area (Å²) in [5.74, 6) is -0.439. The molecule has 1 amide bonds. The van der Waals surface area contributed by atoms with Gasteiger partial charge in [-0.3, -0.25) is 9.78 Å². The van der Waals surface area contributed by atoms with Crippen molar-refractivity contribution in [2.75, 3.05) is 20.6 Å². The molecule has 0 radical (unpaired) electrons. The number of amides is 1. The number of aromatic nitrogens is 1. The Balaban J connectivity index is 2.13. The van der Waals surface area contributed by atoms with E-state index in [9.17, 15) is 9.18 Å². The maximum absolute atomic E-state index is 13.1. The molecule has 1 heterocycles. The molecular formula is C17H20FN3O. The average Bonchev–Trinajstić information content (AvgIpc) is 2.53. The Morgan fingerprint density at radius 2 is 1.82 bits per heavy atom. The fourth-order valence-electron chi connectivity index (χ4n) is 2.15. The molecule has 22 heavy (non-hydrogen) atoms. The first kappa shape index (κ1) is 16.1. The van der Waals surface area contributed by atoms with Crippen molar-refractivity contribution >= 4 is 5.91 Å². The van der Waals surface area contributed by atoms with Gasteiger partial charge in [0.05, 0.1) is 6.04 Å². The van der Waals surface area contributed by atoms with Crippen molar-refractivity contribution in [3.05, 3.63) is 65.7 Å². The van der Waals surface area contributed by atoms with Crippen LogP contribution in [-0.4, -0.2) is 36.4 Å². The fourth-order valence-corrected chi connectivity index (χ4v) is 2.15. The number of carbonyl (C=O) groups excluding carboxylic acids is 1. The Morgan fingerprint density at radius 1 is 1.18 bits per heavy atom. The summed E-state index contributed by atoms with van der Waals surface area (Å²) in [5.41, 5.74) is 1.46. The van der Waals surface area contributed by atoms with Gasteiger partial charge in [0.2, 0.25) is 0 Å². The van der Waals surface area contributed by atoms with Gasteiger partial charge in [0.25, 0.3) is 5.91 Å². The van der Waals surface area contributed by atoms with Crippen LogP contribution >= 0.6 is 0 Å². The molecule has 0 spiro atoms. The summed E-state index contributed by atoms with van der Waals surface area (Å²) in [6, 6.07) is 9.42. The number of nitrogens with zero attached hydrogens (tertiary/aromatic N) is 2. The van der Waals surface area contributed by atoms with E-state index >= 15 is 0 Å². The molecule has 2 rings (SSSR count). The molecule has 2 aromatic rings. The monoisotopic (exact) mass is 301 g/mol. The quantitative estimate of drug-likeness (QED) is 0.892. The maximum atomic E-state index is 13.1. The second-order valence-corrected chi connectivity index (χ2v) is 5.41. The zero-order chi connectivity index (χ0) is 15.9. The Hall–Kier alpha value is -2.27. The molecule has 0 saturated carbocycles. The summed E-state index contributed by atoms with van der Waals surface area (Å²) in [4.78, 5) is 18.3. The van der Waals surface area contributed by atoms with Gasteiger partial charge in [-0.25, -0.2) is 4.39 Å². The lowest BCUT2D eigenvalue weighted by Gasteiger charge is -2.21. The van der Waals surface area contributed by atoms with E-state index in [4.69, 9.17) is 0 Å². The van der Waals surface area contributed by atoms with Crippen LogP contribution in [-0.2, 0) is 0 Å². The average molecular weight is 301 g/mol. The number of hydrogen-bond donors (Lipinski definition) is 1. The van der Waals surface area contributed by atoms with Crippen LogP contribution in [0.3, 0.4) is 0 Å². The molecule has 0 aliphatic carbocycles. The van der Waals surface area contributed by atoms with Gasteiger partial charge in [-0.15, -0.1) is 0 Å². The van der Waals surface area contributed by atoms with Crippen molar-refractivity contribution in [2.24, 2.45) is 0 Å². The first-order valence-electron chi connectivity index (χ1n) is 7.17. The van der Waals surface area contributed by atoms with E-state index in [0.717, 1.165) is 18.5 Å². The van der Waals surface area contributed by atoms with Gasteiger partial charge < -0.3 is 10.2 Å². The molecular weight excluding hydrogens is 281 g/mol. The van der Waals surface area contributed by atoms with Crippen LogP contribution in [0.5, 0.6) is 0 Å². The summed E-state index contributed by atoms with van der Waals surface area (Å²) >= 11 is 0. The van der Waals surface area contributed by atoms with E-state index < -0.39 is 0 Å². The second kappa shape index (κ2) is 7.66. The van der Waals surface area contributed by atoms with Crippen LogP contribution < -0.4 is 5.32 Å². The Kier molecular flexibility index (Phi) is 5.61. The fraction of sp³-hybridized carbons (Fsp3) is 0.294. The zero-order valence-electron chi connectivity index (χ0n) is 12.8. The molecule has 4 nitrogen and oxygen atoms in total. The predicted octanol–water partition coefficient (Wildman–Crippen LogP) is 2.64. The van der Waals surface area contributed by atoms with Crippen molar-refractivity contribution in [2.45, 2.75) is 12.5 Å². The SMILES string of the molecule is CN(C)CCC(NC(=O)c1ccncc1)c1ccc(F)cc1. The van der Waals surface area contributed by atoms with Crippen LogP contribution in [0.2, 0.25) is 0 Å². The molecule has 1 N–H and O–H groups in total. The highest BCUT2D eigenvalue weighted by atomic mass is 19.1. The summed E-state index contributed by atoms with van der Waals surface area (Å²) in [5, 5.41) is 3.01. The smallest absolute Gasteiger partial charge is 0.251 e. The Labute approximate surface area is 130 Å². The number of hydrogen-bond acceptors (Lipinski definition) is 3. The molecule has 1 atom stereocenters. The Bertz CT molecular complexity index is 599. The van der Waals surface area contributed by atoms with E-state index in [2.05, 4.69) is 15.2 Å². The minimum atomic E-state index is -0.282. The number of benzene rings is 1. The number of halogens is 1. The lowest BCUT2D eigenvalue weighted by Crippen LogP contribution is -2.31. The molecule has 0 aliphatic rings.